The minimum Gasteiger partial charge on any atom is -0.465 e. The number of carbonyl (C=O) groups excluding carboxylic acids is 1. The van der Waals surface area contributed by atoms with Gasteiger partial charge >= 0.3 is 5.97 Å². The Hall–Kier alpha value is -3.00. The Labute approximate surface area is 157 Å². The number of hydrogen-bond donors (Lipinski definition) is 1. The van der Waals surface area contributed by atoms with Gasteiger partial charge in [0.05, 0.1) is 18.2 Å². The number of nitrogens with zero attached hydrogens (tertiary/aromatic N) is 5. The minimum absolute atomic E-state index is 0.0268. The molecule has 1 aliphatic heterocycles. The molecule has 140 valence electrons. The lowest BCUT2D eigenvalue weighted by Crippen LogP contribution is -2.26. The first-order valence-corrected chi connectivity index (χ1v) is 9.04. The van der Waals surface area contributed by atoms with Crippen LogP contribution in [-0.2, 0) is 29.0 Å². The number of benzene rings is 1. The van der Waals surface area contributed by atoms with E-state index >= 15 is 0 Å². The maximum absolute atomic E-state index is 11.7. The number of aromatic nitrogens is 4. The van der Waals surface area contributed by atoms with Crippen LogP contribution in [0.2, 0.25) is 0 Å². The van der Waals surface area contributed by atoms with E-state index in [1.165, 1.54) is 15.8 Å². The number of esters is 1. The number of fused-ring (bicyclic) bond motifs is 2. The van der Waals surface area contributed by atoms with E-state index in [1.54, 1.807) is 19.3 Å². The van der Waals surface area contributed by atoms with Crippen molar-refractivity contribution in [3.05, 3.63) is 41.7 Å². The Morgan fingerprint density at radius 3 is 3.04 bits per heavy atom. The molecule has 0 amide bonds. The largest absolute Gasteiger partial charge is 0.465 e. The van der Waals surface area contributed by atoms with Crippen molar-refractivity contribution in [2.75, 3.05) is 25.5 Å². The van der Waals surface area contributed by atoms with Gasteiger partial charge in [0.2, 0.25) is 5.95 Å². The summed E-state index contributed by atoms with van der Waals surface area (Å²) in [5.41, 5.74) is 4.25. The van der Waals surface area contributed by atoms with E-state index in [0.29, 0.717) is 18.2 Å². The molecule has 1 aromatic carbocycles. The first-order valence-electron chi connectivity index (χ1n) is 9.04. The predicted molar refractivity (Wildman–Crippen MR) is 102 cm³/mol. The number of likely N-dealkylation sites (N-methyl/N-ethyl adjacent to an activating group) is 1. The van der Waals surface area contributed by atoms with Gasteiger partial charge in [-0.25, -0.2) is 9.67 Å². The zero-order chi connectivity index (χ0) is 18.8. The number of carbonyl (C=O) groups is 1. The van der Waals surface area contributed by atoms with Gasteiger partial charge in [0, 0.05) is 25.0 Å². The highest BCUT2D eigenvalue weighted by Crippen LogP contribution is 2.24. The highest BCUT2D eigenvalue weighted by atomic mass is 16.5. The third kappa shape index (κ3) is 3.75. The number of rotatable bonds is 5. The highest BCUT2D eigenvalue weighted by molar-refractivity contribution is 5.77. The summed E-state index contributed by atoms with van der Waals surface area (Å²) in [5.74, 6) is 0.131. The Morgan fingerprint density at radius 1 is 1.30 bits per heavy atom. The quantitative estimate of drug-likeness (QED) is 0.692. The van der Waals surface area contributed by atoms with Crippen LogP contribution in [0.15, 0.2) is 30.6 Å². The average molecular weight is 366 g/mol. The first kappa shape index (κ1) is 17.4. The Bertz CT molecular complexity index is 983. The lowest BCUT2D eigenvalue weighted by atomic mass is 9.99. The van der Waals surface area contributed by atoms with Crippen LogP contribution in [0.4, 0.5) is 11.6 Å². The first-order chi connectivity index (χ1) is 13.1. The fourth-order valence-electron chi connectivity index (χ4n) is 3.28. The smallest absolute Gasteiger partial charge is 0.327 e. The van der Waals surface area contributed by atoms with Gasteiger partial charge in [0.25, 0.3) is 0 Å². The third-order valence-corrected chi connectivity index (χ3v) is 4.63. The van der Waals surface area contributed by atoms with Crippen LogP contribution in [0.3, 0.4) is 0 Å². The molecular formula is C19H22N6O2. The Balaban J connectivity index is 1.57. The summed E-state index contributed by atoms with van der Waals surface area (Å²) in [7, 11) is 2.13. The molecular weight excluding hydrogens is 344 g/mol. The van der Waals surface area contributed by atoms with E-state index in [9.17, 15) is 4.79 Å². The number of nitrogens with one attached hydrogen (secondary N) is 1. The van der Waals surface area contributed by atoms with E-state index in [1.807, 2.05) is 6.07 Å². The summed E-state index contributed by atoms with van der Waals surface area (Å²) in [4.78, 5) is 22.9. The maximum Gasteiger partial charge on any atom is 0.327 e. The number of anilines is 2. The molecule has 1 N–H and O–H groups in total. The fourth-order valence-corrected chi connectivity index (χ4v) is 3.28. The van der Waals surface area contributed by atoms with Crippen LogP contribution in [-0.4, -0.2) is 50.8 Å². The molecule has 8 heteroatoms. The maximum atomic E-state index is 11.7. The van der Waals surface area contributed by atoms with Gasteiger partial charge in [-0.3, -0.25) is 4.79 Å². The molecule has 27 heavy (non-hydrogen) atoms. The molecule has 0 spiro atoms. The summed E-state index contributed by atoms with van der Waals surface area (Å²) in [5, 5.41) is 8.25. The molecule has 0 fully saturated rings. The number of hydrogen-bond acceptors (Lipinski definition) is 7. The zero-order valence-corrected chi connectivity index (χ0v) is 15.5. The van der Waals surface area contributed by atoms with Crippen LogP contribution < -0.4 is 5.32 Å². The van der Waals surface area contributed by atoms with Gasteiger partial charge in [0.1, 0.15) is 6.54 Å². The normalized spacial score (nSPS) is 14.1. The second-order valence-electron chi connectivity index (χ2n) is 6.68. The van der Waals surface area contributed by atoms with Crippen LogP contribution in [0.5, 0.6) is 0 Å². The summed E-state index contributed by atoms with van der Waals surface area (Å²) < 4.78 is 6.52. The van der Waals surface area contributed by atoms with Gasteiger partial charge in [-0.15, -0.1) is 0 Å². The van der Waals surface area contributed by atoms with E-state index < -0.39 is 0 Å². The second kappa shape index (κ2) is 7.32. The molecule has 0 atom stereocenters. The van der Waals surface area contributed by atoms with Crippen molar-refractivity contribution in [1.82, 2.24) is 24.6 Å². The minimum atomic E-state index is -0.338. The topological polar surface area (TPSA) is 85.2 Å². The van der Waals surface area contributed by atoms with Crippen molar-refractivity contribution in [2.24, 2.45) is 0 Å². The molecule has 3 aromatic rings. The van der Waals surface area contributed by atoms with Crippen LogP contribution in [0.1, 0.15) is 18.1 Å². The molecule has 0 saturated carbocycles. The SMILES string of the molecule is CCOC(=O)Cn1ncc2cnc(Nc3ccc4c(c3)CN(C)CC4)nc21. The van der Waals surface area contributed by atoms with Crippen molar-refractivity contribution >= 4 is 28.6 Å². The van der Waals surface area contributed by atoms with E-state index in [4.69, 9.17) is 4.74 Å². The fraction of sp³-hybridized carbons (Fsp3) is 0.368. The highest BCUT2D eigenvalue weighted by Gasteiger charge is 2.14. The van der Waals surface area contributed by atoms with Crippen molar-refractivity contribution in [1.29, 1.82) is 0 Å². The predicted octanol–water partition coefficient (Wildman–Crippen LogP) is 2.12. The van der Waals surface area contributed by atoms with E-state index in [-0.39, 0.29) is 12.5 Å². The van der Waals surface area contributed by atoms with Crippen LogP contribution in [0.25, 0.3) is 11.0 Å². The summed E-state index contributed by atoms with van der Waals surface area (Å²) >= 11 is 0. The molecule has 2 aromatic heterocycles. The van der Waals surface area contributed by atoms with E-state index in [0.717, 1.165) is 30.6 Å². The molecule has 0 bridgehead atoms. The molecule has 4 rings (SSSR count). The molecule has 0 aliphatic carbocycles. The summed E-state index contributed by atoms with van der Waals surface area (Å²) in [6, 6.07) is 6.36. The zero-order valence-electron chi connectivity index (χ0n) is 15.5. The van der Waals surface area contributed by atoms with Gasteiger partial charge in [-0.2, -0.15) is 10.1 Å². The monoisotopic (exact) mass is 366 g/mol. The third-order valence-electron chi connectivity index (χ3n) is 4.63. The molecule has 0 saturated heterocycles. The summed E-state index contributed by atoms with van der Waals surface area (Å²) in [6.45, 7) is 4.17. The molecule has 8 nitrogen and oxygen atoms in total. The molecule has 0 radical (unpaired) electrons. The second-order valence-corrected chi connectivity index (χ2v) is 6.68. The van der Waals surface area contributed by atoms with Gasteiger partial charge in [0.15, 0.2) is 5.65 Å². The van der Waals surface area contributed by atoms with E-state index in [2.05, 4.69) is 44.5 Å². The van der Waals surface area contributed by atoms with Gasteiger partial charge in [-0.1, -0.05) is 6.07 Å². The number of ether oxygens (including phenoxy) is 1. The van der Waals surface area contributed by atoms with Crippen LogP contribution in [0, 0.1) is 0 Å². The summed E-state index contributed by atoms with van der Waals surface area (Å²) in [6.07, 6.45) is 4.42. The average Bonchev–Trinajstić information content (AvgIpc) is 3.04. The Morgan fingerprint density at radius 2 is 2.19 bits per heavy atom. The van der Waals surface area contributed by atoms with Crippen LogP contribution >= 0.6 is 0 Å². The lowest BCUT2D eigenvalue weighted by molar-refractivity contribution is -0.143. The Kier molecular flexibility index (Phi) is 4.72. The lowest BCUT2D eigenvalue weighted by Gasteiger charge is -2.25. The van der Waals surface area contributed by atoms with Crippen molar-refractivity contribution in [3.63, 3.8) is 0 Å². The molecule has 0 unspecified atom stereocenters. The molecule has 3 heterocycles. The van der Waals surface area contributed by atoms with Gasteiger partial charge in [-0.05, 0) is 43.7 Å². The van der Waals surface area contributed by atoms with Crippen molar-refractivity contribution < 1.29 is 9.53 Å². The molecule has 1 aliphatic rings. The van der Waals surface area contributed by atoms with Crippen molar-refractivity contribution in [3.8, 4) is 0 Å². The standard InChI is InChI=1S/C19H22N6O2/c1-3-27-17(26)12-25-18-15(10-21-25)9-20-19(23-18)22-16-5-4-13-6-7-24(2)11-14(13)8-16/h4-5,8-10H,3,6-7,11-12H2,1-2H3,(H,20,22,23). The van der Waals surface area contributed by atoms with Gasteiger partial charge < -0.3 is 15.0 Å². The van der Waals surface area contributed by atoms with Crippen molar-refractivity contribution in [2.45, 2.75) is 26.4 Å².